The van der Waals surface area contributed by atoms with Gasteiger partial charge in [-0.15, -0.1) is 0 Å². The van der Waals surface area contributed by atoms with Gasteiger partial charge in [-0.2, -0.15) is 18.3 Å². The van der Waals surface area contributed by atoms with Crippen molar-refractivity contribution in [1.82, 2.24) is 5.43 Å². The Hall–Kier alpha value is -3.04. The second kappa shape index (κ2) is 10.7. The van der Waals surface area contributed by atoms with Gasteiger partial charge in [0.25, 0.3) is 5.91 Å². The van der Waals surface area contributed by atoms with Crippen molar-refractivity contribution in [2.45, 2.75) is 12.8 Å². The standard InChI is InChI=1S/C23H17BrClF3N2O3/c1-32-20-10-16(18(24)11-21(20)33-13-15-5-2-3-8-19(15)25)12-29-30-22(31)14-6-4-7-17(9-14)23(26,27)28/h2-12H,13H2,1H3,(H,30,31)/b29-12-. The number of methoxy groups -OCH3 is 1. The van der Waals surface area contributed by atoms with E-state index in [2.05, 4.69) is 26.5 Å². The number of alkyl halides is 3. The van der Waals surface area contributed by atoms with Crippen molar-refractivity contribution in [3.8, 4) is 11.5 Å². The summed E-state index contributed by atoms with van der Waals surface area (Å²) in [5, 5.41) is 4.41. The van der Waals surface area contributed by atoms with Gasteiger partial charge >= 0.3 is 6.18 Å². The molecule has 0 aliphatic heterocycles. The maximum atomic E-state index is 12.8. The number of halogens is 5. The quantitative estimate of drug-likeness (QED) is 0.275. The Kier molecular flexibility index (Phi) is 7.99. The fraction of sp³-hybridized carbons (Fsp3) is 0.130. The number of carbonyl (C=O) groups is 1. The second-order valence-corrected chi connectivity index (χ2v) is 7.94. The molecule has 1 amide bonds. The maximum absolute atomic E-state index is 12.8. The largest absolute Gasteiger partial charge is 0.493 e. The highest BCUT2D eigenvalue weighted by molar-refractivity contribution is 9.10. The van der Waals surface area contributed by atoms with Gasteiger partial charge in [-0.05, 0) is 52.3 Å². The van der Waals surface area contributed by atoms with E-state index in [9.17, 15) is 18.0 Å². The molecule has 5 nitrogen and oxygen atoms in total. The molecule has 0 spiro atoms. The Morgan fingerprint density at radius 2 is 1.88 bits per heavy atom. The fourth-order valence-corrected chi connectivity index (χ4v) is 3.37. The smallest absolute Gasteiger partial charge is 0.416 e. The summed E-state index contributed by atoms with van der Waals surface area (Å²) in [4.78, 5) is 12.2. The van der Waals surface area contributed by atoms with Gasteiger partial charge in [0, 0.05) is 26.2 Å². The number of ether oxygens (including phenoxy) is 2. The van der Waals surface area contributed by atoms with Crippen LogP contribution in [0.3, 0.4) is 0 Å². The van der Waals surface area contributed by atoms with Crippen LogP contribution in [0.25, 0.3) is 0 Å². The topological polar surface area (TPSA) is 59.9 Å². The second-order valence-electron chi connectivity index (χ2n) is 6.68. The summed E-state index contributed by atoms with van der Waals surface area (Å²) in [6.07, 6.45) is -3.22. The highest BCUT2D eigenvalue weighted by Gasteiger charge is 2.30. The molecular weight excluding hydrogens is 525 g/mol. The summed E-state index contributed by atoms with van der Waals surface area (Å²) in [5.41, 5.74) is 2.48. The molecule has 0 radical (unpaired) electrons. The van der Waals surface area contributed by atoms with E-state index in [1.807, 2.05) is 18.2 Å². The molecule has 0 atom stereocenters. The highest BCUT2D eigenvalue weighted by atomic mass is 79.9. The Balaban J connectivity index is 1.71. The highest BCUT2D eigenvalue weighted by Crippen LogP contribution is 2.34. The molecule has 0 saturated heterocycles. The third-order valence-corrected chi connectivity index (χ3v) is 5.50. The lowest BCUT2D eigenvalue weighted by Crippen LogP contribution is -2.18. The molecule has 0 bridgehead atoms. The van der Waals surface area contributed by atoms with Crippen molar-refractivity contribution < 1.29 is 27.4 Å². The number of hydrazone groups is 1. The van der Waals surface area contributed by atoms with Gasteiger partial charge in [0.2, 0.25) is 0 Å². The first-order chi connectivity index (χ1) is 15.7. The lowest BCUT2D eigenvalue weighted by atomic mass is 10.1. The van der Waals surface area contributed by atoms with E-state index < -0.39 is 17.6 Å². The van der Waals surface area contributed by atoms with E-state index in [0.29, 0.717) is 26.6 Å². The van der Waals surface area contributed by atoms with Crippen LogP contribution in [0.15, 0.2) is 70.2 Å². The monoisotopic (exact) mass is 540 g/mol. The molecule has 172 valence electrons. The number of rotatable bonds is 7. The molecule has 3 rings (SSSR count). The predicted molar refractivity (Wildman–Crippen MR) is 123 cm³/mol. The van der Waals surface area contributed by atoms with Gasteiger partial charge in [-0.3, -0.25) is 4.79 Å². The number of carbonyl (C=O) groups excluding carboxylic acids is 1. The third-order valence-electron chi connectivity index (χ3n) is 4.45. The molecular formula is C23H17BrClF3N2O3. The molecule has 3 aromatic rings. The van der Waals surface area contributed by atoms with Crippen LogP contribution in [0.1, 0.15) is 27.0 Å². The van der Waals surface area contributed by atoms with Crippen LogP contribution >= 0.6 is 27.5 Å². The Bertz CT molecular complexity index is 1190. The zero-order valence-corrected chi connectivity index (χ0v) is 19.5. The average Bonchev–Trinajstić information content (AvgIpc) is 2.79. The van der Waals surface area contributed by atoms with Crippen LogP contribution in [-0.2, 0) is 12.8 Å². The van der Waals surface area contributed by atoms with Crippen molar-refractivity contribution >= 4 is 39.7 Å². The van der Waals surface area contributed by atoms with Crippen molar-refractivity contribution in [2.24, 2.45) is 5.10 Å². The van der Waals surface area contributed by atoms with Gasteiger partial charge in [0.15, 0.2) is 11.5 Å². The van der Waals surface area contributed by atoms with Crippen molar-refractivity contribution in [3.63, 3.8) is 0 Å². The first kappa shape index (κ1) is 24.6. The maximum Gasteiger partial charge on any atom is 0.416 e. The number of nitrogens with one attached hydrogen (secondary N) is 1. The zero-order valence-electron chi connectivity index (χ0n) is 17.1. The first-order valence-corrected chi connectivity index (χ1v) is 10.6. The molecule has 1 N–H and O–H groups in total. The molecule has 0 aliphatic rings. The van der Waals surface area contributed by atoms with Crippen molar-refractivity contribution in [2.75, 3.05) is 7.11 Å². The number of hydrogen-bond acceptors (Lipinski definition) is 4. The molecule has 10 heteroatoms. The SMILES string of the molecule is COc1cc(/C=N\NC(=O)c2cccc(C(F)(F)F)c2)c(Br)cc1OCc1ccccc1Cl. The fourth-order valence-electron chi connectivity index (χ4n) is 2.75. The number of hydrogen-bond donors (Lipinski definition) is 1. The summed E-state index contributed by atoms with van der Waals surface area (Å²) in [6.45, 7) is 0.225. The third kappa shape index (κ3) is 6.49. The van der Waals surface area contributed by atoms with E-state index in [-0.39, 0.29) is 12.2 Å². The average molecular weight is 542 g/mol. The van der Waals surface area contributed by atoms with Gasteiger partial charge < -0.3 is 9.47 Å². The predicted octanol–water partition coefficient (Wildman–Crippen LogP) is 6.47. The van der Waals surface area contributed by atoms with E-state index in [1.54, 1.807) is 18.2 Å². The van der Waals surface area contributed by atoms with E-state index >= 15 is 0 Å². The molecule has 0 heterocycles. The molecule has 0 unspecified atom stereocenters. The van der Waals surface area contributed by atoms with Gasteiger partial charge in [-0.1, -0.05) is 35.9 Å². The van der Waals surface area contributed by atoms with Crippen LogP contribution in [0.4, 0.5) is 13.2 Å². The van der Waals surface area contributed by atoms with Crippen LogP contribution in [0.2, 0.25) is 5.02 Å². The van der Waals surface area contributed by atoms with E-state index in [1.165, 1.54) is 19.4 Å². The van der Waals surface area contributed by atoms with E-state index in [4.69, 9.17) is 21.1 Å². The molecule has 0 saturated carbocycles. The van der Waals surface area contributed by atoms with Crippen LogP contribution < -0.4 is 14.9 Å². The van der Waals surface area contributed by atoms with Crippen LogP contribution in [0.5, 0.6) is 11.5 Å². The van der Waals surface area contributed by atoms with Gasteiger partial charge in [-0.25, -0.2) is 5.43 Å². The number of nitrogens with zero attached hydrogens (tertiary/aromatic N) is 1. The molecule has 0 aliphatic carbocycles. The molecule has 0 aromatic heterocycles. The lowest BCUT2D eigenvalue weighted by Gasteiger charge is -2.13. The molecule has 3 aromatic carbocycles. The lowest BCUT2D eigenvalue weighted by molar-refractivity contribution is -0.137. The summed E-state index contributed by atoms with van der Waals surface area (Å²) in [6, 6.07) is 14.7. The number of amides is 1. The summed E-state index contributed by atoms with van der Waals surface area (Å²) in [5.74, 6) is 0.0884. The summed E-state index contributed by atoms with van der Waals surface area (Å²) in [7, 11) is 1.47. The molecule has 0 fully saturated rings. The summed E-state index contributed by atoms with van der Waals surface area (Å²) >= 11 is 9.55. The van der Waals surface area contributed by atoms with Gasteiger partial charge in [0.1, 0.15) is 6.61 Å². The first-order valence-electron chi connectivity index (χ1n) is 9.43. The van der Waals surface area contributed by atoms with Crippen LogP contribution in [-0.4, -0.2) is 19.2 Å². The Morgan fingerprint density at radius 1 is 1.12 bits per heavy atom. The summed E-state index contributed by atoms with van der Waals surface area (Å²) < 4.78 is 50.3. The molecule has 33 heavy (non-hydrogen) atoms. The Morgan fingerprint density at radius 3 is 2.58 bits per heavy atom. The normalized spacial score (nSPS) is 11.5. The number of benzene rings is 3. The Labute approximate surface area is 201 Å². The van der Waals surface area contributed by atoms with Crippen molar-refractivity contribution in [1.29, 1.82) is 0 Å². The zero-order chi connectivity index (χ0) is 24.0. The van der Waals surface area contributed by atoms with Crippen molar-refractivity contribution in [3.05, 3.63) is 92.4 Å². The minimum Gasteiger partial charge on any atom is -0.493 e. The minimum absolute atomic E-state index is 0.165. The minimum atomic E-state index is -4.55. The van der Waals surface area contributed by atoms with Crippen LogP contribution in [0, 0.1) is 0 Å². The van der Waals surface area contributed by atoms with Gasteiger partial charge in [0.05, 0.1) is 18.9 Å². The van der Waals surface area contributed by atoms with E-state index in [0.717, 1.165) is 23.8 Å².